The van der Waals surface area contributed by atoms with E-state index in [2.05, 4.69) is 0 Å². The predicted octanol–water partition coefficient (Wildman–Crippen LogP) is 4.94. The molecule has 1 aliphatic rings. The van der Waals surface area contributed by atoms with Crippen LogP contribution in [0, 0.1) is 0 Å². The van der Waals surface area contributed by atoms with Crippen LogP contribution >= 0.6 is 11.6 Å². The van der Waals surface area contributed by atoms with Crippen LogP contribution in [0.1, 0.15) is 55.8 Å². The summed E-state index contributed by atoms with van der Waals surface area (Å²) in [6, 6.07) is 5.57. The maximum atomic E-state index is 14.0. The van der Waals surface area contributed by atoms with Crippen molar-refractivity contribution in [3.63, 3.8) is 0 Å². The van der Waals surface area contributed by atoms with Crippen molar-refractivity contribution in [2.24, 2.45) is 0 Å². The van der Waals surface area contributed by atoms with E-state index in [1.165, 1.54) is 0 Å². The molecule has 1 N–H and O–H groups in total. The van der Waals surface area contributed by atoms with E-state index >= 15 is 0 Å². The van der Waals surface area contributed by atoms with Gasteiger partial charge in [0.05, 0.1) is 22.7 Å². The zero-order chi connectivity index (χ0) is 19.7. The summed E-state index contributed by atoms with van der Waals surface area (Å²) in [5.74, 6) is -0.0497. The fourth-order valence-corrected chi connectivity index (χ4v) is 4.13. The first kappa shape index (κ1) is 20.3. The van der Waals surface area contributed by atoms with E-state index in [0.717, 1.165) is 10.9 Å². The highest BCUT2D eigenvalue weighted by atomic mass is 35.5. The van der Waals surface area contributed by atoms with E-state index in [1.807, 2.05) is 22.9 Å². The second-order valence-corrected chi connectivity index (χ2v) is 8.33. The number of benzene rings is 1. The Morgan fingerprint density at radius 3 is 2.70 bits per heavy atom. The van der Waals surface area contributed by atoms with Crippen molar-refractivity contribution < 1.29 is 19.0 Å². The average Bonchev–Trinajstić information content (AvgIpc) is 3.01. The zero-order valence-electron chi connectivity index (χ0n) is 15.9. The molecule has 1 fully saturated rings. The number of halogens is 2. The Hall–Kier alpha value is -1.43. The van der Waals surface area contributed by atoms with Crippen LogP contribution in [0.3, 0.4) is 0 Å². The number of hydrogen-bond donors (Lipinski definition) is 1. The number of fused-ring (bicyclic) bond motifs is 1. The van der Waals surface area contributed by atoms with Crippen LogP contribution in [0.15, 0.2) is 24.4 Å². The number of alkyl halides is 1. The van der Waals surface area contributed by atoms with Crippen LogP contribution in [0.25, 0.3) is 10.9 Å². The second kappa shape index (κ2) is 7.90. The third kappa shape index (κ3) is 4.53. The minimum absolute atomic E-state index is 0.0497. The van der Waals surface area contributed by atoms with E-state index in [0.29, 0.717) is 55.8 Å². The molecule has 0 amide bonds. The third-order valence-corrected chi connectivity index (χ3v) is 6.05. The van der Waals surface area contributed by atoms with E-state index in [9.17, 15) is 14.3 Å². The van der Waals surface area contributed by atoms with Crippen LogP contribution in [0.2, 0.25) is 5.02 Å². The van der Waals surface area contributed by atoms with Crippen LogP contribution in [0.4, 0.5) is 4.39 Å². The molecule has 27 heavy (non-hydrogen) atoms. The van der Waals surface area contributed by atoms with Gasteiger partial charge in [0.15, 0.2) is 5.78 Å². The fourth-order valence-electron chi connectivity index (χ4n) is 3.86. The van der Waals surface area contributed by atoms with E-state index in [1.54, 1.807) is 20.1 Å². The van der Waals surface area contributed by atoms with Gasteiger partial charge in [-0.05, 0) is 51.2 Å². The third-order valence-electron chi connectivity index (χ3n) is 5.73. The number of carbonyl (C=O) groups excluding carboxylic acids is 1. The van der Waals surface area contributed by atoms with Crippen LogP contribution < -0.4 is 0 Å². The van der Waals surface area contributed by atoms with Crippen LogP contribution in [0.5, 0.6) is 0 Å². The van der Waals surface area contributed by atoms with Crippen molar-refractivity contribution in [3.05, 3.63) is 35.0 Å². The molecule has 4 nitrogen and oxygen atoms in total. The highest BCUT2D eigenvalue weighted by molar-refractivity contribution is 6.37. The molecule has 0 spiro atoms. The summed E-state index contributed by atoms with van der Waals surface area (Å²) in [6.45, 7) is 2.74. The zero-order valence-corrected chi connectivity index (χ0v) is 16.7. The maximum Gasteiger partial charge on any atom is 0.165 e. The topological polar surface area (TPSA) is 51.5 Å². The molecule has 3 rings (SSSR count). The lowest BCUT2D eigenvalue weighted by molar-refractivity contribution is -0.0453. The van der Waals surface area contributed by atoms with E-state index in [4.69, 9.17) is 16.3 Å². The van der Waals surface area contributed by atoms with E-state index < -0.39 is 11.3 Å². The number of carbonyl (C=O) groups is 1. The van der Waals surface area contributed by atoms with Gasteiger partial charge in [-0.2, -0.15) is 0 Å². The van der Waals surface area contributed by atoms with Crippen LogP contribution in [-0.2, 0) is 11.3 Å². The van der Waals surface area contributed by atoms with E-state index in [-0.39, 0.29) is 12.2 Å². The van der Waals surface area contributed by atoms with Gasteiger partial charge in [-0.1, -0.05) is 17.7 Å². The van der Waals surface area contributed by atoms with Crippen molar-refractivity contribution >= 4 is 28.3 Å². The number of methoxy groups -OCH3 is 1. The molecule has 0 radical (unpaired) electrons. The maximum absolute atomic E-state index is 14.0. The molecule has 1 heterocycles. The molecule has 0 aliphatic heterocycles. The second-order valence-electron chi connectivity index (χ2n) is 7.92. The number of ether oxygens (including phenoxy) is 1. The van der Waals surface area contributed by atoms with Gasteiger partial charge in [0, 0.05) is 37.2 Å². The lowest BCUT2D eigenvalue weighted by Crippen LogP contribution is -2.39. The van der Waals surface area contributed by atoms with Gasteiger partial charge in [-0.25, -0.2) is 4.39 Å². The van der Waals surface area contributed by atoms with Crippen molar-refractivity contribution in [2.45, 2.75) is 63.3 Å². The fraction of sp³-hybridized carbons (Fsp3) is 0.571. The number of nitrogens with zero attached hydrogens (tertiary/aromatic N) is 1. The smallest absolute Gasteiger partial charge is 0.165 e. The number of Topliss-reactive ketones (excluding diaryl/α,β-unsaturated/α-hetero) is 1. The van der Waals surface area contributed by atoms with Gasteiger partial charge in [0.1, 0.15) is 5.67 Å². The first-order valence-corrected chi connectivity index (χ1v) is 9.83. The molecule has 0 atom stereocenters. The van der Waals surface area contributed by atoms with Crippen molar-refractivity contribution in [3.8, 4) is 0 Å². The highest BCUT2D eigenvalue weighted by Crippen LogP contribution is 2.40. The standard InChI is InChI=1S/C21H27ClFNO3/c1-20(23)8-10-21(26,11-9-20)7-6-18(25)15-14-24(12-13-27-2)17-5-3-4-16(22)19(15)17/h3-5,14,26H,6-13H2,1-2H3. The SMILES string of the molecule is COCCn1cc(C(=O)CCC2(O)CCC(C)(F)CC2)c2c(Cl)cccc21. The predicted molar refractivity (Wildman–Crippen MR) is 105 cm³/mol. The molecule has 2 aromatic rings. The molecule has 0 bridgehead atoms. The van der Waals surface area contributed by atoms with Gasteiger partial charge >= 0.3 is 0 Å². The number of rotatable bonds is 7. The largest absolute Gasteiger partial charge is 0.390 e. The Bertz CT molecular complexity index is 820. The van der Waals surface area contributed by atoms with Crippen molar-refractivity contribution in [2.75, 3.05) is 13.7 Å². The minimum atomic E-state index is -1.21. The van der Waals surface area contributed by atoms with Crippen LogP contribution in [-0.4, -0.2) is 40.4 Å². The summed E-state index contributed by atoms with van der Waals surface area (Å²) in [5, 5.41) is 12.0. The summed E-state index contributed by atoms with van der Waals surface area (Å²) in [7, 11) is 1.64. The number of ketones is 1. The number of aliphatic hydroxyl groups is 1. The van der Waals surface area contributed by atoms with Crippen molar-refractivity contribution in [1.82, 2.24) is 4.57 Å². The Morgan fingerprint density at radius 2 is 2.04 bits per heavy atom. The minimum Gasteiger partial charge on any atom is -0.390 e. The summed E-state index contributed by atoms with van der Waals surface area (Å²) in [6.07, 6.45) is 3.83. The molecule has 0 unspecified atom stereocenters. The first-order chi connectivity index (χ1) is 12.7. The molecular weight excluding hydrogens is 369 g/mol. The summed E-state index contributed by atoms with van der Waals surface area (Å²) >= 11 is 6.37. The highest BCUT2D eigenvalue weighted by Gasteiger charge is 2.39. The van der Waals surface area contributed by atoms with Gasteiger partial charge in [0.25, 0.3) is 0 Å². The van der Waals surface area contributed by atoms with Gasteiger partial charge in [-0.3, -0.25) is 4.79 Å². The number of hydrogen-bond acceptors (Lipinski definition) is 3. The average molecular weight is 396 g/mol. The lowest BCUT2D eigenvalue weighted by atomic mass is 9.75. The molecule has 148 valence electrons. The lowest BCUT2D eigenvalue weighted by Gasteiger charge is -2.37. The Balaban J connectivity index is 1.78. The summed E-state index contributed by atoms with van der Waals surface area (Å²) in [4.78, 5) is 12.9. The molecule has 1 saturated carbocycles. The normalized spacial score (nSPS) is 25.8. The Labute approximate surface area is 164 Å². The first-order valence-electron chi connectivity index (χ1n) is 9.45. The summed E-state index contributed by atoms with van der Waals surface area (Å²) < 4.78 is 21.1. The molecule has 1 aliphatic carbocycles. The number of aromatic nitrogens is 1. The molecule has 6 heteroatoms. The Kier molecular flexibility index (Phi) is 5.94. The van der Waals surface area contributed by atoms with Gasteiger partial charge in [0.2, 0.25) is 0 Å². The summed E-state index contributed by atoms with van der Waals surface area (Å²) in [5.41, 5.74) is -0.702. The Morgan fingerprint density at radius 1 is 1.33 bits per heavy atom. The quantitative estimate of drug-likeness (QED) is 0.676. The molecule has 0 saturated heterocycles. The van der Waals surface area contributed by atoms with Crippen molar-refractivity contribution in [1.29, 1.82) is 0 Å². The molecule has 1 aromatic carbocycles. The monoisotopic (exact) mass is 395 g/mol. The van der Waals surface area contributed by atoms with Gasteiger partial charge < -0.3 is 14.4 Å². The molecule has 1 aromatic heterocycles. The molecular formula is C21H27ClFNO3. The van der Waals surface area contributed by atoms with Gasteiger partial charge in [-0.15, -0.1) is 0 Å².